The number of Topliss-reactive ketones (excluding diaryl/α,β-unsaturated/α-hetero) is 1. The lowest BCUT2D eigenvalue weighted by Crippen LogP contribution is -2.51. The first-order valence-electron chi connectivity index (χ1n) is 13.8. The molecule has 17 heteroatoms. The van der Waals surface area contributed by atoms with Crippen molar-refractivity contribution in [1.82, 2.24) is 16.0 Å². The summed E-state index contributed by atoms with van der Waals surface area (Å²) in [5, 5.41) is 24.0. The third kappa shape index (κ3) is 10.6. The van der Waals surface area contributed by atoms with Crippen molar-refractivity contribution in [2.45, 2.75) is 31.3 Å². The van der Waals surface area contributed by atoms with Gasteiger partial charge < -0.3 is 31.5 Å². The highest BCUT2D eigenvalue weighted by Gasteiger charge is 2.27. The predicted molar refractivity (Wildman–Crippen MR) is 170 cm³/mol. The first kappa shape index (κ1) is 36.1. The molecule has 0 spiro atoms. The Balaban J connectivity index is 1.66. The number of fused-ring (bicyclic) bond motifs is 1. The highest BCUT2D eigenvalue weighted by atomic mass is 35.5. The molecular weight excluding hydrogens is 657 g/mol. The van der Waals surface area contributed by atoms with Crippen LogP contribution in [-0.2, 0) is 23.9 Å². The largest absolute Gasteiger partial charge is 0.481 e. The summed E-state index contributed by atoms with van der Waals surface area (Å²) in [5.41, 5.74) is 12.6. The quantitative estimate of drug-likeness (QED) is 0.0426. The van der Waals surface area contributed by atoms with Crippen LogP contribution in [0.25, 0.3) is 10.8 Å². The molecule has 3 aromatic rings. The Morgan fingerprint density at radius 3 is 2.26 bits per heavy atom. The molecule has 0 saturated carbocycles. The molecule has 0 aliphatic carbocycles. The van der Waals surface area contributed by atoms with Gasteiger partial charge in [-0.1, -0.05) is 70.9 Å². The smallest absolute Gasteiger partial charge is 0.341 e. The number of rotatable bonds is 16. The van der Waals surface area contributed by atoms with E-state index in [4.69, 9.17) is 39.2 Å². The summed E-state index contributed by atoms with van der Waals surface area (Å²) in [6, 6.07) is 13.6. The monoisotopic (exact) mass is 685 g/mol. The lowest BCUT2D eigenvalue weighted by molar-refractivity contribution is -0.140. The number of ketones is 1. The predicted octanol–water partition coefficient (Wildman–Crippen LogP) is 2.83. The number of carbonyl (C=O) groups is 6. The Hall–Kier alpha value is -5.41. The Morgan fingerprint density at radius 1 is 0.915 bits per heavy atom. The molecule has 0 heterocycles. The van der Waals surface area contributed by atoms with Crippen LogP contribution < -0.4 is 21.7 Å². The molecule has 0 fully saturated rings. The van der Waals surface area contributed by atoms with Crippen LogP contribution in [0.3, 0.4) is 0 Å². The van der Waals surface area contributed by atoms with E-state index in [1.807, 2.05) is 18.2 Å². The fourth-order valence-corrected chi connectivity index (χ4v) is 4.84. The highest BCUT2D eigenvalue weighted by molar-refractivity contribution is 6.39. The lowest BCUT2D eigenvalue weighted by Gasteiger charge is -2.20. The number of carbonyl (C=O) groups excluding carboxylic acids is 5. The average Bonchev–Trinajstić information content (AvgIpc) is 3.03. The summed E-state index contributed by atoms with van der Waals surface area (Å²) < 4.78 is 4.94. The van der Waals surface area contributed by atoms with Gasteiger partial charge >= 0.3 is 11.9 Å². The number of esters is 1. The number of nitrogens with one attached hydrogen (secondary N) is 4. The molecule has 0 radical (unpaired) electrons. The van der Waals surface area contributed by atoms with Crippen molar-refractivity contribution in [3.8, 4) is 0 Å². The van der Waals surface area contributed by atoms with Gasteiger partial charge in [0.1, 0.15) is 17.9 Å². The van der Waals surface area contributed by atoms with Crippen LogP contribution in [0.1, 0.15) is 40.0 Å². The minimum Gasteiger partial charge on any atom is -0.481 e. The molecule has 0 saturated heterocycles. The third-order valence-corrected chi connectivity index (χ3v) is 7.19. The maximum atomic E-state index is 13.2. The van der Waals surface area contributed by atoms with E-state index in [0.717, 1.165) is 5.39 Å². The molecule has 7 N–H and O–H groups in total. The van der Waals surface area contributed by atoms with Gasteiger partial charge in [-0.3, -0.25) is 24.0 Å². The van der Waals surface area contributed by atoms with E-state index in [1.54, 1.807) is 24.3 Å². The number of ether oxygens (including phenoxy) is 1. The molecule has 246 valence electrons. The maximum absolute atomic E-state index is 13.2. The van der Waals surface area contributed by atoms with E-state index < -0.39 is 67.1 Å². The first-order valence-corrected chi connectivity index (χ1v) is 14.6. The number of nitrogens with zero attached hydrogens (tertiary/aromatic N) is 2. The Kier molecular flexibility index (Phi) is 13.3. The number of halogens is 2. The maximum Gasteiger partial charge on any atom is 0.341 e. The summed E-state index contributed by atoms with van der Waals surface area (Å²) in [5.74, 6) is -5.88. The summed E-state index contributed by atoms with van der Waals surface area (Å²) in [7, 11) is 0. The molecule has 2 atom stereocenters. The number of carboxylic acid groups (broad SMARTS) is 1. The van der Waals surface area contributed by atoms with E-state index in [2.05, 4.69) is 26.3 Å². The van der Waals surface area contributed by atoms with Crippen molar-refractivity contribution in [2.75, 3.05) is 13.2 Å². The second kappa shape index (κ2) is 17.3. The zero-order valence-electron chi connectivity index (χ0n) is 24.5. The fourth-order valence-electron chi connectivity index (χ4n) is 4.29. The normalized spacial score (nSPS) is 12.3. The topological polar surface area (TPSA) is 243 Å². The van der Waals surface area contributed by atoms with Crippen molar-refractivity contribution < 1.29 is 38.6 Å². The Labute approximate surface area is 277 Å². The number of benzene rings is 3. The van der Waals surface area contributed by atoms with Gasteiger partial charge in [-0.25, -0.2) is 4.79 Å². The molecule has 0 aliphatic heterocycles. The number of amides is 3. The van der Waals surface area contributed by atoms with Gasteiger partial charge in [-0.05, 0) is 35.4 Å². The van der Waals surface area contributed by atoms with Crippen LogP contribution in [0, 0.1) is 5.53 Å². The summed E-state index contributed by atoms with van der Waals surface area (Å²) >= 11 is 11.9. The lowest BCUT2D eigenvalue weighted by atomic mass is 10.0. The summed E-state index contributed by atoms with van der Waals surface area (Å²) in [6.45, 7) is -1.63. The van der Waals surface area contributed by atoms with Gasteiger partial charge in [-0.15, -0.1) is 5.10 Å². The van der Waals surface area contributed by atoms with Crippen LogP contribution >= 0.6 is 23.2 Å². The molecule has 0 aliphatic rings. The number of carboxylic acids is 1. The van der Waals surface area contributed by atoms with Gasteiger partial charge in [0, 0.05) is 12.0 Å². The fraction of sp³-hybridized carbons (Fsp3) is 0.233. The van der Waals surface area contributed by atoms with Gasteiger partial charge in [0.2, 0.25) is 11.8 Å². The van der Waals surface area contributed by atoms with Crippen LogP contribution in [0.4, 0.5) is 0 Å². The molecule has 3 aromatic carbocycles. The molecule has 47 heavy (non-hydrogen) atoms. The third-order valence-electron chi connectivity index (χ3n) is 6.56. The molecular formula is C30H29Cl2N7O8. The van der Waals surface area contributed by atoms with Gasteiger partial charge in [0.15, 0.2) is 12.4 Å². The van der Waals surface area contributed by atoms with Gasteiger partial charge in [0.25, 0.3) is 5.91 Å². The molecule has 3 rings (SSSR count). The zero-order valence-corrected chi connectivity index (χ0v) is 26.0. The standard InChI is InChI=1S/C30H29Cl2N7O8/c31-19-9-4-10-20(32)27(19)30(46)47-15-23(40)22(13-26(42)43)36-25(41)14-35-29(45)21(11-12-24(33)38-39-34)37-28(44)18-8-3-6-16-5-1-2-7-17(16)18/h1-10,21-22H,11-15H2,(H,35,45)(H,36,41)(H,37,44)(H,42,43)(H3,33,34,38). The van der Waals surface area contributed by atoms with Crippen molar-refractivity contribution in [2.24, 2.45) is 16.1 Å². The molecule has 2 unspecified atom stereocenters. The van der Waals surface area contributed by atoms with Crippen molar-refractivity contribution in [3.05, 3.63) is 81.8 Å². The summed E-state index contributed by atoms with van der Waals surface area (Å²) in [6.07, 6.45) is -0.988. The Morgan fingerprint density at radius 2 is 1.57 bits per heavy atom. The second-order valence-electron chi connectivity index (χ2n) is 9.86. The van der Waals surface area contributed by atoms with Crippen molar-refractivity contribution in [1.29, 1.82) is 5.53 Å². The van der Waals surface area contributed by atoms with E-state index in [9.17, 15) is 33.9 Å². The van der Waals surface area contributed by atoms with Crippen molar-refractivity contribution >= 4 is 75.3 Å². The van der Waals surface area contributed by atoms with Crippen molar-refractivity contribution in [3.63, 3.8) is 0 Å². The zero-order chi connectivity index (χ0) is 34.5. The minimum absolute atomic E-state index is 0.0333. The van der Waals surface area contributed by atoms with E-state index >= 15 is 0 Å². The SMILES string of the molecule is N=NN=C(N)CCC(NC(=O)c1cccc2ccccc12)C(=O)NCC(=O)NC(CC(=O)O)C(=O)COC(=O)c1c(Cl)cccc1Cl. The van der Waals surface area contributed by atoms with Gasteiger partial charge in [-0.2, -0.15) is 5.53 Å². The number of hydrogen-bond acceptors (Lipinski definition) is 9. The minimum atomic E-state index is -1.63. The van der Waals surface area contributed by atoms with Crippen LogP contribution in [0.15, 0.2) is 71.0 Å². The molecule has 3 amide bonds. The number of hydrogen-bond donors (Lipinski definition) is 6. The first-order chi connectivity index (χ1) is 22.4. The van der Waals surface area contributed by atoms with Crippen LogP contribution in [0.5, 0.6) is 0 Å². The van der Waals surface area contributed by atoms with Crippen LogP contribution in [0.2, 0.25) is 10.0 Å². The van der Waals surface area contributed by atoms with E-state index in [1.165, 1.54) is 18.2 Å². The number of nitrogens with two attached hydrogens (primary N) is 1. The second-order valence-corrected chi connectivity index (χ2v) is 10.7. The summed E-state index contributed by atoms with van der Waals surface area (Å²) in [4.78, 5) is 75.5. The molecule has 0 bridgehead atoms. The number of amidine groups is 1. The molecule has 0 aromatic heterocycles. The average molecular weight is 687 g/mol. The van der Waals surface area contributed by atoms with Gasteiger partial charge in [0.05, 0.1) is 28.6 Å². The van der Waals surface area contributed by atoms with Crippen LogP contribution in [-0.4, -0.2) is 71.6 Å². The Bertz CT molecular complexity index is 1710. The molecule has 15 nitrogen and oxygen atoms in total. The van der Waals surface area contributed by atoms with E-state index in [0.29, 0.717) is 5.39 Å². The van der Waals surface area contributed by atoms with E-state index in [-0.39, 0.29) is 39.8 Å². The highest BCUT2D eigenvalue weighted by Crippen LogP contribution is 2.25. The number of aliphatic carboxylic acids is 1.